The molecule has 184 valence electrons. The molecule has 36 heavy (non-hydrogen) atoms. The van der Waals surface area contributed by atoms with Gasteiger partial charge in [-0.05, 0) is 36.2 Å². The van der Waals surface area contributed by atoms with Gasteiger partial charge in [0, 0.05) is 68.0 Å². The standard InChI is InChI=1S/C27H30N8O/c1-33-10-8-18-3-5-20(16-24(18)33)29-26-17-23(30-27(31-26)35-11-13-36-14-12-35)19-4-6-21-22(7-9-28)32-34(2)25(21)15-19/h3-6,8,10,15-17H,7,9,11-14,28H2,1-2H3,(H,29,30,31). The molecule has 5 aromatic rings. The third-order valence-corrected chi connectivity index (χ3v) is 6.77. The van der Waals surface area contributed by atoms with Gasteiger partial charge in [-0.3, -0.25) is 4.68 Å². The van der Waals surface area contributed by atoms with Crippen LogP contribution in [0, 0.1) is 0 Å². The van der Waals surface area contributed by atoms with Crippen molar-refractivity contribution in [2.24, 2.45) is 19.8 Å². The molecule has 0 amide bonds. The zero-order chi connectivity index (χ0) is 24.6. The van der Waals surface area contributed by atoms with Gasteiger partial charge in [0.05, 0.1) is 30.1 Å². The minimum absolute atomic E-state index is 0.576. The Balaban J connectivity index is 1.42. The Morgan fingerprint density at radius 2 is 1.83 bits per heavy atom. The Morgan fingerprint density at radius 1 is 0.972 bits per heavy atom. The Labute approximate surface area is 209 Å². The molecular formula is C27H30N8O. The lowest BCUT2D eigenvalue weighted by atomic mass is 10.1. The minimum Gasteiger partial charge on any atom is -0.378 e. The lowest BCUT2D eigenvalue weighted by Crippen LogP contribution is -2.37. The number of morpholine rings is 1. The molecule has 0 aliphatic carbocycles. The SMILES string of the molecule is Cn1ccc2ccc(Nc3cc(-c4ccc5c(CCN)nn(C)c5c4)nc(N4CCOCC4)n3)cc21. The van der Waals surface area contributed by atoms with E-state index in [2.05, 4.69) is 75.6 Å². The van der Waals surface area contributed by atoms with Crippen LogP contribution in [0.4, 0.5) is 17.5 Å². The van der Waals surface area contributed by atoms with E-state index < -0.39 is 0 Å². The third kappa shape index (κ3) is 4.16. The summed E-state index contributed by atoms with van der Waals surface area (Å²) in [6.45, 7) is 3.45. The van der Waals surface area contributed by atoms with Gasteiger partial charge in [0.2, 0.25) is 5.95 Å². The molecule has 9 nitrogen and oxygen atoms in total. The fraction of sp³-hybridized carbons (Fsp3) is 0.296. The molecule has 2 aromatic carbocycles. The van der Waals surface area contributed by atoms with Crippen molar-refractivity contribution in [2.75, 3.05) is 43.1 Å². The van der Waals surface area contributed by atoms with Crippen molar-refractivity contribution in [3.05, 3.63) is 60.4 Å². The summed E-state index contributed by atoms with van der Waals surface area (Å²) in [6.07, 6.45) is 2.83. The highest BCUT2D eigenvalue weighted by molar-refractivity contribution is 5.87. The van der Waals surface area contributed by atoms with E-state index in [0.29, 0.717) is 25.7 Å². The number of fused-ring (bicyclic) bond motifs is 2. The smallest absolute Gasteiger partial charge is 0.228 e. The molecule has 0 saturated carbocycles. The Bertz CT molecular complexity index is 1550. The Hall–Kier alpha value is -3.95. The van der Waals surface area contributed by atoms with Crippen LogP contribution in [0.2, 0.25) is 0 Å². The summed E-state index contributed by atoms with van der Waals surface area (Å²) in [7, 11) is 4.02. The van der Waals surface area contributed by atoms with E-state index in [9.17, 15) is 0 Å². The minimum atomic E-state index is 0.576. The molecule has 0 spiro atoms. The number of aromatic nitrogens is 5. The molecule has 0 bridgehead atoms. The molecular weight excluding hydrogens is 452 g/mol. The van der Waals surface area contributed by atoms with Crippen LogP contribution in [-0.4, -0.2) is 57.2 Å². The number of hydrogen-bond acceptors (Lipinski definition) is 7. The molecule has 4 heterocycles. The predicted molar refractivity (Wildman–Crippen MR) is 144 cm³/mol. The third-order valence-electron chi connectivity index (χ3n) is 6.77. The fourth-order valence-corrected chi connectivity index (χ4v) is 4.85. The van der Waals surface area contributed by atoms with Gasteiger partial charge in [-0.2, -0.15) is 10.1 Å². The summed E-state index contributed by atoms with van der Waals surface area (Å²) >= 11 is 0. The van der Waals surface area contributed by atoms with Crippen LogP contribution < -0.4 is 16.0 Å². The van der Waals surface area contributed by atoms with Crippen LogP contribution in [0.1, 0.15) is 5.69 Å². The summed E-state index contributed by atoms with van der Waals surface area (Å²) in [6, 6.07) is 16.9. The van der Waals surface area contributed by atoms with Crippen LogP contribution in [0.15, 0.2) is 54.7 Å². The molecule has 3 N–H and O–H groups in total. The molecule has 6 rings (SSSR count). The molecule has 0 radical (unpaired) electrons. The number of anilines is 3. The summed E-state index contributed by atoms with van der Waals surface area (Å²) in [4.78, 5) is 12.0. The van der Waals surface area contributed by atoms with Gasteiger partial charge in [-0.15, -0.1) is 0 Å². The van der Waals surface area contributed by atoms with Gasteiger partial charge in [-0.1, -0.05) is 18.2 Å². The van der Waals surface area contributed by atoms with E-state index in [-0.39, 0.29) is 0 Å². The summed E-state index contributed by atoms with van der Waals surface area (Å²) in [5.41, 5.74) is 11.9. The first-order valence-corrected chi connectivity index (χ1v) is 12.3. The van der Waals surface area contributed by atoms with E-state index in [1.54, 1.807) is 0 Å². The van der Waals surface area contributed by atoms with Gasteiger partial charge in [-0.25, -0.2) is 4.98 Å². The zero-order valence-corrected chi connectivity index (χ0v) is 20.6. The van der Waals surface area contributed by atoms with E-state index in [1.165, 1.54) is 5.39 Å². The lowest BCUT2D eigenvalue weighted by Gasteiger charge is -2.27. The summed E-state index contributed by atoms with van der Waals surface area (Å²) in [5.74, 6) is 1.45. The second kappa shape index (κ2) is 9.25. The van der Waals surface area contributed by atoms with Gasteiger partial charge >= 0.3 is 0 Å². The van der Waals surface area contributed by atoms with E-state index >= 15 is 0 Å². The van der Waals surface area contributed by atoms with Crippen LogP contribution in [-0.2, 0) is 25.3 Å². The Morgan fingerprint density at radius 3 is 2.67 bits per heavy atom. The maximum absolute atomic E-state index is 5.79. The van der Waals surface area contributed by atoms with E-state index in [4.69, 9.17) is 20.4 Å². The topological polar surface area (TPSA) is 99.0 Å². The monoisotopic (exact) mass is 482 g/mol. The average Bonchev–Trinajstić information content (AvgIpc) is 3.43. The van der Waals surface area contributed by atoms with E-state index in [1.807, 2.05) is 17.8 Å². The van der Waals surface area contributed by atoms with Crippen molar-refractivity contribution in [1.82, 2.24) is 24.3 Å². The zero-order valence-electron chi connectivity index (χ0n) is 20.6. The van der Waals surface area contributed by atoms with Crippen molar-refractivity contribution in [2.45, 2.75) is 6.42 Å². The highest BCUT2D eigenvalue weighted by atomic mass is 16.5. The van der Waals surface area contributed by atoms with Crippen LogP contribution in [0.25, 0.3) is 33.1 Å². The number of benzene rings is 2. The first-order chi connectivity index (χ1) is 17.6. The average molecular weight is 483 g/mol. The largest absolute Gasteiger partial charge is 0.378 e. The molecule has 1 fully saturated rings. The lowest BCUT2D eigenvalue weighted by molar-refractivity contribution is 0.122. The van der Waals surface area contributed by atoms with Crippen LogP contribution >= 0.6 is 0 Å². The van der Waals surface area contributed by atoms with Crippen molar-refractivity contribution in [3.63, 3.8) is 0 Å². The van der Waals surface area contributed by atoms with Crippen LogP contribution in [0.3, 0.4) is 0 Å². The number of hydrogen-bond donors (Lipinski definition) is 2. The number of aryl methyl sites for hydroxylation is 2. The molecule has 3 aromatic heterocycles. The first kappa shape index (κ1) is 22.5. The maximum Gasteiger partial charge on any atom is 0.228 e. The number of nitrogens with one attached hydrogen (secondary N) is 1. The van der Waals surface area contributed by atoms with Gasteiger partial charge in [0.1, 0.15) is 5.82 Å². The van der Waals surface area contributed by atoms with Crippen molar-refractivity contribution < 1.29 is 4.74 Å². The molecule has 9 heteroatoms. The number of ether oxygens (including phenoxy) is 1. The summed E-state index contributed by atoms with van der Waals surface area (Å²) in [5, 5.41) is 10.5. The predicted octanol–water partition coefficient (Wildman–Crippen LogP) is 3.60. The van der Waals surface area contributed by atoms with Gasteiger partial charge < -0.3 is 25.3 Å². The van der Waals surface area contributed by atoms with E-state index in [0.717, 1.165) is 64.4 Å². The molecule has 1 aliphatic heterocycles. The fourth-order valence-electron chi connectivity index (χ4n) is 4.85. The molecule has 0 unspecified atom stereocenters. The first-order valence-electron chi connectivity index (χ1n) is 12.3. The summed E-state index contributed by atoms with van der Waals surface area (Å²) < 4.78 is 9.59. The second-order valence-corrected chi connectivity index (χ2v) is 9.20. The highest BCUT2D eigenvalue weighted by Gasteiger charge is 2.18. The van der Waals surface area contributed by atoms with Gasteiger partial charge in [0.15, 0.2) is 0 Å². The van der Waals surface area contributed by atoms with Crippen molar-refractivity contribution in [1.29, 1.82) is 0 Å². The molecule has 0 atom stereocenters. The number of nitrogens with two attached hydrogens (primary N) is 1. The van der Waals surface area contributed by atoms with Gasteiger partial charge in [0.25, 0.3) is 0 Å². The number of nitrogens with zero attached hydrogens (tertiary/aromatic N) is 6. The van der Waals surface area contributed by atoms with Crippen molar-refractivity contribution in [3.8, 4) is 11.3 Å². The van der Waals surface area contributed by atoms with Crippen molar-refractivity contribution >= 4 is 39.3 Å². The second-order valence-electron chi connectivity index (χ2n) is 9.20. The molecule has 1 saturated heterocycles. The quantitative estimate of drug-likeness (QED) is 0.381. The maximum atomic E-state index is 5.79. The molecule has 1 aliphatic rings. The van der Waals surface area contributed by atoms with Crippen LogP contribution in [0.5, 0.6) is 0 Å². The number of rotatable bonds is 6. The highest BCUT2D eigenvalue weighted by Crippen LogP contribution is 2.30. The Kier molecular flexibility index (Phi) is 5.79. The normalized spacial score (nSPS) is 14.1.